The molecule has 0 heterocycles. The second-order valence-corrected chi connectivity index (χ2v) is 3.15. The van der Waals surface area contributed by atoms with Crippen LogP contribution in [0.15, 0.2) is 41.9 Å². The molecule has 0 amide bonds. The molecule has 0 aliphatic heterocycles. The Balaban J connectivity index is 2.83. The van der Waals surface area contributed by atoms with Gasteiger partial charge in [-0.3, -0.25) is 4.79 Å². The molecule has 0 aliphatic rings. The molecule has 0 fully saturated rings. The fourth-order valence-corrected chi connectivity index (χ4v) is 1.36. The van der Waals surface area contributed by atoms with E-state index >= 15 is 0 Å². The van der Waals surface area contributed by atoms with Gasteiger partial charge in [-0.05, 0) is 12.0 Å². The summed E-state index contributed by atoms with van der Waals surface area (Å²) in [6, 6.07) is 9.13. The summed E-state index contributed by atoms with van der Waals surface area (Å²) in [4.78, 5) is 10.9. The monoisotopic (exact) mass is 210 g/mol. The van der Waals surface area contributed by atoms with E-state index in [0.29, 0.717) is 6.42 Å². The van der Waals surface area contributed by atoms with Crippen molar-refractivity contribution in [3.05, 3.63) is 47.5 Å². The molecular formula is C11H11ClO2. The largest absolute Gasteiger partial charge is 0.481 e. The first-order chi connectivity index (χ1) is 6.75. The zero-order valence-electron chi connectivity index (χ0n) is 7.56. The van der Waals surface area contributed by atoms with E-state index in [-0.39, 0.29) is 0 Å². The highest BCUT2D eigenvalue weighted by Crippen LogP contribution is 2.20. The summed E-state index contributed by atoms with van der Waals surface area (Å²) in [5.74, 6) is -1.34. The van der Waals surface area contributed by atoms with Gasteiger partial charge in [0.15, 0.2) is 0 Å². The second-order valence-electron chi connectivity index (χ2n) is 2.90. The topological polar surface area (TPSA) is 37.3 Å². The van der Waals surface area contributed by atoms with E-state index < -0.39 is 11.9 Å². The van der Waals surface area contributed by atoms with Gasteiger partial charge in [0, 0.05) is 5.54 Å². The van der Waals surface area contributed by atoms with Crippen LogP contribution in [0.3, 0.4) is 0 Å². The molecular weight excluding hydrogens is 200 g/mol. The molecule has 14 heavy (non-hydrogen) atoms. The molecule has 74 valence electrons. The summed E-state index contributed by atoms with van der Waals surface area (Å²) in [5, 5.41) is 8.98. The lowest BCUT2D eigenvalue weighted by Crippen LogP contribution is -2.10. The first-order valence-corrected chi connectivity index (χ1v) is 4.72. The third kappa shape index (κ3) is 2.89. The van der Waals surface area contributed by atoms with Gasteiger partial charge in [0.2, 0.25) is 0 Å². The Morgan fingerprint density at radius 3 is 2.57 bits per heavy atom. The molecule has 0 aliphatic carbocycles. The lowest BCUT2D eigenvalue weighted by atomic mass is 9.96. The number of allylic oxidation sites excluding steroid dienone is 1. The number of rotatable bonds is 4. The lowest BCUT2D eigenvalue weighted by molar-refractivity contribution is -0.138. The standard InChI is InChI=1S/C11H11ClO2/c12-8-4-7-10(11(13)14)9-5-2-1-3-6-9/h1-6,8,10H,7H2,(H,13,14). The fourth-order valence-electron chi connectivity index (χ4n) is 1.25. The predicted molar refractivity (Wildman–Crippen MR) is 56.4 cm³/mol. The minimum atomic E-state index is -0.828. The van der Waals surface area contributed by atoms with Crippen molar-refractivity contribution in [2.24, 2.45) is 0 Å². The summed E-state index contributed by atoms with van der Waals surface area (Å²) in [7, 11) is 0. The van der Waals surface area contributed by atoms with E-state index in [0.717, 1.165) is 5.56 Å². The van der Waals surface area contributed by atoms with E-state index in [1.807, 2.05) is 18.2 Å². The molecule has 0 radical (unpaired) electrons. The van der Waals surface area contributed by atoms with Crippen molar-refractivity contribution in [2.45, 2.75) is 12.3 Å². The van der Waals surface area contributed by atoms with Crippen LogP contribution >= 0.6 is 11.6 Å². The molecule has 0 saturated carbocycles. The Morgan fingerprint density at radius 1 is 1.43 bits per heavy atom. The highest BCUT2D eigenvalue weighted by atomic mass is 35.5. The van der Waals surface area contributed by atoms with Crippen LogP contribution in [0.1, 0.15) is 17.9 Å². The Morgan fingerprint density at radius 2 is 2.07 bits per heavy atom. The van der Waals surface area contributed by atoms with E-state index in [9.17, 15) is 4.79 Å². The van der Waals surface area contributed by atoms with Gasteiger partial charge in [0.1, 0.15) is 0 Å². The van der Waals surface area contributed by atoms with Gasteiger partial charge in [-0.15, -0.1) is 0 Å². The molecule has 3 heteroatoms. The van der Waals surface area contributed by atoms with Crippen LogP contribution in [0.2, 0.25) is 0 Å². The average molecular weight is 211 g/mol. The van der Waals surface area contributed by atoms with Crippen LogP contribution in [0.4, 0.5) is 0 Å². The van der Waals surface area contributed by atoms with Crippen molar-refractivity contribution in [3.63, 3.8) is 0 Å². The molecule has 0 aromatic heterocycles. The number of benzene rings is 1. The van der Waals surface area contributed by atoms with Crippen molar-refractivity contribution in [1.82, 2.24) is 0 Å². The maximum Gasteiger partial charge on any atom is 0.311 e. The first-order valence-electron chi connectivity index (χ1n) is 4.28. The lowest BCUT2D eigenvalue weighted by Gasteiger charge is -2.09. The SMILES string of the molecule is O=C(O)C(CC=CCl)c1ccccc1. The quantitative estimate of drug-likeness (QED) is 0.830. The average Bonchev–Trinajstić information content (AvgIpc) is 2.19. The zero-order chi connectivity index (χ0) is 10.4. The van der Waals surface area contributed by atoms with Crippen LogP contribution < -0.4 is 0 Å². The third-order valence-corrected chi connectivity index (χ3v) is 2.14. The second kappa shape index (κ2) is 5.45. The first kappa shape index (κ1) is 10.8. The van der Waals surface area contributed by atoms with Gasteiger partial charge < -0.3 is 5.11 Å². The Hall–Kier alpha value is -1.28. The molecule has 2 nitrogen and oxygen atoms in total. The molecule has 1 unspecified atom stereocenters. The Labute approximate surface area is 87.8 Å². The van der Waals surface area contributed by atoms with Gasteiger partial charge in [-0.25, -0.2) is 0 Å². The molecule has 1 aromatic rings. The number of carboxylic acid groups (broad SMARTS) is 1. The van der Waals surface area contributed by atoms with E-state index in [1.165, 1.54) is 5.54 Å². The van der Waals surface area contributed by atoms with Crippen LogP contribution in [0.25, 0.3) is 0 Å². The van der Waals surface area contributed by atoms with Crippen LogP contribution in [-0.4, -0.2) is 11.1 Å². The highest BCUT2D eigenvalue weighted by molar-refractivity contribution is 6.25. The number of hydrogen-bond donors (Lipinski definition) is 1. The molecule has 1 rings (SSSR count). The van der Waals surface area contributed by atoms with E-state index in [2.05, 4.69) is 0 Å². The van der Waals surface area contributed by atoms with Crippen molar-refractivity contribution >= 4 is 17.6 Å². The Bertz CT molecular complexity index is 319. The maximum absolute atomic E-state index is 10.9. The third-order valence-electron chi connectivity index (χ3n) is 1.96. The molecule has 0 bridgehead atoms. The summed E-state index contributed by atoms with van der Waals surface area (Å²) < 4.78 is 0. The van der Waals surface area contributed by atoms with Crippen molar-refractivity contribution in [3.8, 4) is 0 Å². The number of aliphatic carboxylic acids is 1. The fraction of sp³-hybridized carbons (Fsp3) is 0.182. The van der Waals surface area contributed by atoms with Crippen molar-refractivity contribution in [2.75, 3.05) is 0 Å². The zero-order valence-corrected chi connectivity index (χ0v) is 8.32. The highest BCUT2D eigenvalue weighted by Gasteiger charge is 2.17. The van der Waals surface area contributed by atoms with Crippen LogP contribution in [-0.2, 0) is 4.79 Å². The summed E-state index contributed by atoms with van der Waals surface area (Å²) >= 11 is 5.36. The smallest absolute Gasteiger partial charge is 0.311 e. The van der Waals surface area contributed by atoms with Gasteiger partial charge in [-0.1, -0.05) is 48.0 Å². The number of halogens is 1. The molecule has 0 saturated heterocycles. The van der Waals surface area contributed by atoms with Gasteiger partial charge in [0.05, 0.1) is 5.92 Å². The van der Waals surface area contributed by atoms with Crippen molar-refractivity contribution in [1.29, 1.82) is 0 Å². The van der Waals surface area contributed by atoms with Gasteiger partial charge >= 0.3 is 5.97 Å². The summed E-state index contributed by atoms with van der Waals surface area (Å²) in [6.45, 7) is 0. The van der Waals surface area contributed by atoms with Crippen LogP contribution in [0, 0.1) is 0 Å². The Kier molecular flexibility index (Phi) is 4.20. The van der Waals surface area contributed by atoms with Gasteiger partial charge in [0.25, 0.3) is 0 Å². The van der Waals surface area contributed by atoms with Gasteiger partial charge in [-0.2, -0.15) is 0 Å². The summed E-state index contributed by atoms with van der Waals surface area (Å²) in [6.07, 6.45) is 2.07. The van der Waals surface area contributed by atoms with Crippen molar-refractivity contribution < 1.29 is 9.90 Å². The number of hydrogen-bond acceptors (Lipinski definition) is 1. The molecule has 1 atom stereocenters. The van der Waals surface area contributed by atoms with E-state index in [1.54, 1.807) is 18.2 Å². The van der Waals surface area contributed by atoms with E-state index in [4.69, 9.17) is 16.7 Å². The normalized spacial score (nSPS) is 12.9. The maximum atomic E-state index is 10.9. The number of carbonyl (C=O) groups is 1. The predicted octanol–water partition coefficient (Wildman–Crippen LogP) is 3.00. The number of carboxylic acids is 1. The molecule has 0 spiro atoms. The van der Waals surface area contributed by atoms with Crippen LogP contribution in [0.5, 0.6) is 0 Å². The summed E-state index contributed by atoms with van der Waals surface area (Å²) in [5.41, 5.74) is 2.15. The minimum Gasteiger partial charge on any atom is -0.481 e. The molecule has 1 N–H and O–H groups in total. The molecule has 1 aromatic carbocycles. The minimum absolute atomic E-state index is 0.419.